The van der Waals surface area contributed by atoms with Gasteiger partial charge >= 0.3 is 5.69 Å². The van der Waals surface area contributed by atoms with Gasteiger partial charge in [-0.2, -0.15) is 0 Å². The van der Waals surface area contributed by atoms with Gasteiger partial charge in [0, 0.05) is 6.54 Å². The Morgan fingerprint density at radius 1 is 1.43 bits per heavy atom. The number of H-pyrrole nitrogens is 2. The number of thioether (sulfide) groups is 1. The Balaban J connectivity index is 1.83. The summed E-state index contributed by atoms with van der Waals surface area (Å²) < 4.78 is 2.22. The van der Waals surface area contributed by atoms with Crippen LogP contribution in [-0.4, -0.2) is 24.7 Å². The number of hydrogen-bond acceptors (Lipinski definition) is 6. The number of thiophene rings is 1. The molecule has 3 aromatic heterocycles. The van der Waals surface area contributed by atoms with Crippen molar-refractivity contribution in [1.29, 1.82) is 0 Å². The summed E-state index contributed by atoms with van der Waals surface area (Å²) in [5.74, 6) is 1.03. The van der Waals surface area contributed by atoms with E-state index >= 15 is 0 Å². The van der Waals surface area contributed by atoms with Crippen LogP contribution in [0, 0.1) is 0 Å². The minimum Gasteiger partial charge on any atom is -0.309 e. The molecule has 0 aliphatic carbocycles. The number of hydrogen-bond donors (Lipinski definition) is 2. The molecule has 0 saturated heterocycles. The first-order valence-corrected chi connectivity index (χ1v) is 8.30. The van der Waals surface area contributed by atoms with Crippen molar-refractivity contribution in [3.05, 3.63) is 38.1 Å². The molecule has 3 rings (SSSR count). The number of nitrogens with one attached hydrogen (secondary N) is 2. The number of aromatic nitrogens is 5. The summed E-state index contributed by atoms with van der Waals surface area (Å²) >= 11 is 2.75. The van der Waals surface area contributed by atoms with Crippen molar-refractivity contribution in [2.24, 2.45) is 0 Å². The molecule has 110 valence electrons. The molecule has 0 fully saturated rings. The molecule has 21 heavy (non-hydrogen) atoms. The van der Waals surface area contributed by atoms with E-state index in [0.29, 0.717) is 33.5 Å². The molecule has 2 N–H and O–H groups in total. The lowest BCUT2D eigenvalue weighted by Gasteiger charge is -2.03. The third-order valence-electron chi connectivity index (χ3n) is 2.87. The van der Waals surface area contributed by atoms with E-state index < -0.39 is 0 Å². The molecule has 0 aromatic carbocycles. The summed E-state index contributed by atoms with van der Waals surface area (Å²) in [5, 5.41) is 8.89. The summed E-state index contributed by atoms with van der Waals surface area (Å²) in [6.45, 7) is 2.61. The van der Waals surface area contributed by atoms with Crippen molar-refractivity contribution in [2.45, 2.75) is 30.8 Å². The van der Waals surface area contributed by atoms with Gasteiger partial charge in [-0.3, -0.25) is 9.36 Å². The van der Waals surface area contributed by atoms with Crippen molar-refractivity contribution in [1.82, 2.24) is 24.7 Å². The van der Waals surface area contributed by atoms with Crippen LogP contribution in [0.25, 0.3) is 10.2 Å². The van der Waals surface area contributed by atoms with Crippen molar-refractivity contribution in [3.63, 3.8) is 0 Å². The topological polar surface area (TPSA) is 96.4 Å². The van der Waals surface area contributed by atoms with Gasteiger partial charge < -0.3 is 4.98 Å². The predicted octanol–water partition coefficient (Wildman–Crippen LogP) is 1.57. The van der Waals surface area contributed by atoms with Gasteiger partial charge in [-0.05, 0) is 17.9 Å². The summed E-state index contributed by atoms with van der Waals surface area (Å²) in [4.78, 5) is 30.6. The third-order valence-corrected chi connectivity index (χ3v) is 4.76. The van der Waals surface area contributed by atoms with E-state index in [4.69, 9.17) is 0 Å². The molecule has 0 atom stereocenters. The van der Waals surface area contributed by atoms with Crippen LogP contribution in [0.1, 0.15) is 19.2 Å². The molecule has 0 bridgehead atoms. The van der Waals surface area contributed by atoms with Crippen molar-refractivity contribution >= 4 is 33.3 Å². The number of nitrogens with zero attached hydrogens (tertiary/aromatic N) is 3. The van der Waals surface area contributed by atoms with E-state index in [2.05, 4.69) is 20.2 Å². The Labute approximate surface area is 127 Å². The van der Waals surface area contributed by atoms with Crippen LogP contribution in [0.2, 0.25) is 0 Å². The molecule has 3 aromatic rings. The first kappa shape index (κ1) is 14.1. The van der Waals surface area contributed by atoms with Gasteiger partial charge in [0.1, 0.15) is 10.5 Å². The molecule has 3 heterocycles. The van der Waals surface area contributed by atoms with Crippen LogP contribution in [0.3, 0.4) is 0 Å². The van der Waals surface area contributed by atoms with E-state index in [1.165, 1.54) is 23.1 Å². The molecule has 9 heteroatoms. The van der Waals surface area contributed by atoms with Crippen LogP contribution in [0.4, 0.5) is 0 Å². The van der Waals surface area contributed by atoms with Crippen LogP contribution in [0.5, 0.6) is 0 Å². The molecular weight excluding hydrogens is 310 g/mol. The van der Waals surface area contributed by atoms with Crippen molar-refractivity contribution in [3.8, 4) is 0 Å². The molecule has 0 amide bonds. The van der Waals surface area contributed by atoms with Gasteiger partial charge in [0.25, 0.3) is 5.56 Å². The second kappa shape index (κ2) is 5.86. The quantitative estimate of drug-likeness (QED) is 0.695. The Bertz CT molecular complexity index is 876. The number of fused-ring (bicyclic) bond motifs is 1. The van der Waals surface area contributed by atoms with Crippen LogP contribution >= 0.6 is 23.1 Å². The van der Waals surface area contributed by atoms with E-state index in [-0.39, 0.29) is 11.2 Å². The largest absolute Gasteiger partial charge is 0.343 e. The molecule has 0 spiro atoms. The fourth-order valence-electron chi connectivity index (χ4n) is 1.96. The fourth-order valence-corrected chi connectivity index (χ4v) is 3.53. The summed E-state index contributed by atoms with van der Waals surface area (Å²) in [6.07, 6.45) is 0.850. The van der Waals surface area contributed by atoms with Gasteiger partial charge in [0.2, 0.25) is 0 Å². The first-order valence-electron chi connectivity index (χ1n) is 6.43. The lowest BCUT2D eigenvalue weighted by molar-refractivity contribution is 0.603. The van der Waals surface area contributed by atoms with Gasteiger partial charge in [-0.1, -0.05) is 18.7 Å². The Morgan fingerprint density at radius 3 is 3.10 bits per heavy atom. The zero-order valence-electron chi connectivity index (χ0n) is 11.3. The second-order valence-corrected chi connectivity index (χ2v) is 6.26. The Hall–Kier alpha value is -1.87. The van der Waals surface area contributed by atoms with E-state index in [1.807, 2.05) is 18.4 Å². The number of aromatic amines is 2. The van der Waals surface area contributed by atoms with Gasteiger partial charge in [0.15, 0.2) is 5.16 Å². The lowest BCUT2D eigenvalue weighted by Crippen LogP contribution is -2.17. The highest BCUT2D eigenvalue weighted by Gasteiger charge is 2.10. The lowest BCUT2D eigenvalue weighted by atomic mass is 10.4. The molecule has 0 aliphatic heterocycles. The molecule has 0 radical (unpaired) electrons. The number of rotatable bonds is 5. The molecule has 7 nitrogen and oxygen atoms in total. The predicted molar refractivity (Wildman–Crippen MR) is 82.9 cm³/mol. The maximum atomic E-state index is 11.9. The van der Waals surface area contributed by atoms with E-state index in [9.17, 15) is 9.59 Å². The minimum atomic E-state index is -0.214. The standard InChI is InChI=1S/C12H13N5O2S2/c1-2-4-17-11(19)15-16-12(17)21-6-8-13-7-3-5-20-9(7)10(18)14-8/h3,5H,2,4,6H2,1H3,(H,15,19)(H,13,14,18). The van der Waals surface area contributed by atoms with E-state index in [1.54, 1.807) is 4.57 Å². The Morgan fingerprint density at radius 2 is 2.29 bits per heavy atom. The Kier molecular flexibility index (Phi) is 3.93. The van der Waals surface area contributed by atoms with Crippen molar-refractivity contribution < 1.29 is 0 Å². The second-order valence-electron chi connectivity index (χ2n) is 4.40. The first-order chi connectivity index (χ1) is 10.2. The fraction of sp³-hybridized carbons (Fsp3) is 0.333. The molecule has 0 saturated carbocycles. The highest BCUT2D eigenvalue weighted by molar-refractivity contribution is 7.98. The smallest absolute Gasteiger partial charge is 0.309 e. The van der Waals surface area contributed by atoms with Crippen LogP contribution < -0.4 is 11.2 Å². The van der Waals surface area contributed by atoms with Gasteiger partial charge in [-0.15, -0.1) is 16.4 Å². The van der Waals surface area contributed by atoms with Crippen LogP contribution in [0.15, 0.2) is 26.2 Å². The molecule has 0 unspecified atom stereocenters. The average molecular weight is 323 g/mol. The summed E-state index contributed by atoms with van der Waals surface area (Å²) in [7, 11) is 0. The zero-order chi connectivity index (χ0) is 14.8. The zero-order valence-corrected chi connectivity index (χ0v) is 12.9. The third kappa shape index (κ3) is 2.79. The summed E-state index contributed by atoms with van der Waals surface area (Å²) in [5.41, 5.74) is 0.361. The molecule has 0 aliphatic rings. The van der Waals surface area contributed by atoms with Gasteiger partial charge in [0.05, 0.1) is 11.3 Å². The maximum absolute atomic E-state index is 11.9. The normalized spacial score (nSPS) is 11.3. The van der Waals surface area contributed by atoms with Crippen molar-refractivity contribution in [2.75, 3.05) is 0 Å². The minimum absolute atomic E-state index is 0.126. The van der Waals surface area contributed by atoms with Gasteiger partial charge in [-0.25, -0.2) is 14.9 Å². The average Bonchev–Trinajstić information content (AvgIpc) is 3.06. The highest BCUT2D eigenvalue weighted by Crippen LogP contribution is 2.19. The van der Waals surface area contributed by atoms with Crippen LogP contribution in [-0.2, 0) is 12.3 Å². The SMILES string of the molecule is CCCn1c(SCc2nc3ccsc3c(=O)[nH]2)n[nH]c1=O. The highest BCUT2D eigenvalue weighted by atomic mass is 32.2. The summed E-state index contributed by atoms with van der Waals surface area (Å²) in [6, 6.07) is 1.82. The maximum Gasteiger partial charge on any atom is 0.343 e. The monoisotopic (exact) mass is 323 g/mol. The molecular formula is C12H13N5O2S2. The van der Waals surface area contributed by atoms with E-state index in [0.717, 1.165) is 6.42 Å².